The number of hydrogen-bond acceptors (Lipinski definition) is 6. The second kappa shape index (κ2) is 25.8. The Labute approximate surface area is 209 Å². The minimum Gasteiger partial charge on any atom is -0.388 e. The molecule has 0 aromatic carbocycles. The molecule has 0 aliphatic heterocycles. The van der Waals surface area contributed by atoms with E-state index in [4.69, 9.17) is 15.0 Å². The maximum atomic E-state index is 11.4. The van der Waals surface area contributed by atoms with Gasteiger partial charge in [0.05, 0.1) is 19.8 Å². The van der Waals surface area contributed by atoms with E-state index >= 15 is 0 Å². The van der Waals surface area contributed by atoms with E-state index in [-0.39, 0.29) is 26.4 Å². The Bertz CT molecular complexity index is 492. The monoisotopic (exact) mass is 507 g/mol. The van der Waals surface area contributed by atoms with Gasteiger partial charge in [-0.05, 0) is 32.1 Å². The summed E-state index contributed by atoms with van der Waals surface area (Å²) >= 11 is 0. The van der Waals surface area contributed by atoms with Crippen molar-refractivity contribution in [2.24, 2.45) is 5.73 Å². The van der Waals surface area contributed by atoms with Crippen molar-refractivity contribution in [3.05, 3.63) is 12.2 Å². The molecule has 0 aromatic rings. The summed E-state index contributed by atoms with van der Waals surface area (Å²) in [6.07, 6.45) is 25.7. The van der Waals surface area contributed by atoms with Gasteiger partial charge >= 0.3 is 7.82 Å². The highest BCUT2D eigenvalue weighted by Gasteiger charge is 2.22. The second-order valence-corrected chi connectivity index (χ2v) is 10.6. The molecule has 2 unspecified atom stereocenters. The van der Waals surface area contributed by atoms with Crippen molar-refractivity contribution in [3.8, 4) is 0 Å². The molecule has 204 valence electrons. The summed E-state index contributed by atoms with van der Waals surface area (Å²) in [6.45, 7) is 2.65. The maximum absolute atomic E-state index is 11.4. The van der Waals surface area contributed by atoms with Gasteiger partial charge in [-0.25, -0.2) is 4.57 Å². The summed E-state index contributed by atoms with van der Waals surface area (Å²) in [4.78, 5) is 9.34. The predicted octanol–water partition coefficient (Wildman–Crippen LogP) is 6.66. The van der Waals surface area contributed by atoms with Crippen LogP contribution in [-0.2, 0) is 18.3 Å². The Morgan fingerprint density at radius 2 is 1.24 bits per heavy atom. The maximum Gasteiger partial charge on any atom is 0.472 e. The first kappa shape index (κ1) is 33.7. The third kappa shape index (κ3) is 26.3. The van der Waals surface area contributed by atoms with Crippen LogP contribution < -0.4 is 5.73 Å². The summed E-state index contributed by atoms with van der Waals surface area (Å²) in [6, 6.07) is 0. The second-order valence-electron chi connectivity index (χ2n) is 9.11. The fourth-order valence-corrected chi connectivity index (χ4v) is 4.41. The van der Waals surface area contributed by atoms with Crippen LogP contribution in [-0.4, -0.2) is 49.1 Å². The highest BCUT2D eigenvalue weighted by atomic mass is 31.2. The summed E-state index contributed by atoms with van der Waals surface area (Å²) in [5.74, 6) is 0. The summed E-state index contributed by atoms with van der Waals surface area (Å²) in [7, 11) is -4.14. The normalized spacial score (nSPS) is 14.6. The van der Waals surface area contributed by atoms with Crippen molar-refractivity contribution in [1.82, 2.24) is 0 Å². The van der Waals surface area contributed by atoms with Gasteiger partial charge in [0.2, 0.25) is 0 Å². The molecule has 7 nitrogen and oxygen atoms in total. The van der Waals surface area contributed by atoms with Crippen LogP contribution in [0, 0.1) is 0 Å². The molecule has 0 amide bonds. The molecule has 0 spiro atoms. The number of unbranched alkanes of at least 4 members (excludes halogenated alkanes) is 15. The quantitative estimate of drug-likeness (QED) is 0.0647. The third-order valence-corrected chi connectivity index (χ3v) is 6.65. The summed E-state index contributed by atoms with van der Waals surface area (Å²) in [5.41, 5.74) is 5.20. The average Bonchev–Trinajstić information content (AvgIpc) is 2.82. The molecule has 0 bridgehead atoms. The lowest BCUT2D eigenvalue weighted by Crippen LogP contribution is -2.22. The van der Waals surface area contributed by atoms with Crippen LogP contribution in [0.3, 0.4) is 0 Å². The third-order valence-electron chi connectivity index (χ3n) is 5.66. The van der Waals surface area contributed by atoms with E-state index in [0.717, 1.165) is 12.8 Å². The molecule has 0 aliphatic rings. The molecular formula is C26H54NO6P. The molecule has 2 atom stereocenters. The molecule has 4 N–H and O–H groups in total. The van der Waals surface area contributed by atoms with E-state index in [9.17, 15) is 14.6 Å². The van der Waals surface area contributed by atoms with Gasteiger partial charge in [0.15, 0.2) is 0 Å². The number of allylic oxidation sites excluding steroid dienone is 2. The van der Waals surface area contributed by atoms with Gasteiger partial charge in [-0.1, -0.05) is 96.1 Å². The highest BCUT2D eigenvalue weighted by Crippen LogP contribution is 2.42. The number of aliphatic hydroxyl groups excluding tert-OH is 1. The van der Waals surface area contributed by atoms with Gasteiger partial charge in [0, 0.05) is 13.2 Å². The first-order chi connectivity index (χ1) is 16.5. The minimum absolute atomic E-state index is 0.0723. The predicted molar refractivity (Wildman–Crippen MR) is 141 cm³/mol. The van der Waals surface area contributed by atoms with E-state index in [1.807, 2.05) is 0 Å². The van der Waals surface area contributed by atoms with Crippen LogP contribution in [0.5, 0.6) is 0 Å². The molecule has 0 aromatic heterocycles. The number of phosphoric ester groups is 1. The zero-order valence-electron chi connectivity index (χ0n) is 21.8. The van der Waals surface area contributed by atoms with Crippen molar-refractivity contribution in [2.45, 2.75) is 122 Å². The number of nitrogens with two attached hydrogens (primary N) is 1. The van der Waals surface area contributed by atoms with Crippen molar-refractivity contribution >= 4 is 7.82 Å². The SMILES string of the molecule is CCCCCCCCC/C=C\CCCCCCCCCCOCC(O)COP(=O)(O)OCCN. The van der Waals surface area contributed by atoms with E-state index in [2.05, 4.69) is 23.6 Å². The lowest BCUT2D eigenvalue weighted by molar-refractivity contribution is 0.00230. The smallest absolute Gasteiger partial charge is 0.388 e. The van der Waals surface area contributed by atoms with Crippen molar-refractivity contribution in [1.29, 1.82) is 0 Å². The molecule has 8 heteroatoms. The Kier molecular flexibility index (Phi) is 25.6. The minimum atomic E-state index is -4.14. The molecule has 34 heavy (non-hydrogen) atoms. The topological polar surface area (TPSA) is 111 Å². The first-order valence-electron chi connectivity index (χ1n) is 13.7. The summed E-state index contributed by atoms with van der Waals surface area (Å²) in [5, 5.41) is 9.73. The zero-order valence-corrected chi connectivity index (χ0v) is 22.7. The van der Waals surface area contributed by atoms with E-state index < -0.39 is 13.9 Å². The average molecular weight is 508 g/mol. The standard InChI is InChI=1S/C26H54NO6P/c1-2-3-4-5-6-7-8-9-10-11-12-13-14-15-16-17-18-19-20-22-31-24-26(28)25-33-34(29,30)32-23-21-27/h10-11,26,28H,2-9,12-25,27H2,1H3,(H,29,30)/b11-10-. The van der Waals surface area contributed by atoms with Gasteiger partial charge < -0.3 is 20.5 Å². The lowest BCUT2D eigenvalue weighted by Gasteiger charge is -2.15. The number of aliphatic hydroxyl groups is 1. The zero-order chi connectivity index (χ0) is 25.2. The molecule has 0 aliphatic carbocycles. The van der Waals surface area contributed by atoms with Crippen LogP contribution in [0.1, 0.15) is 116 Å². The Morgan fingerprint density at radius 3 is 1.76 bits per heavy atom. The highest BCUT2D eigenvalue weighted by molar-refractivity contribution is 7.47. The lowest BCUT2D eigenvalue weighted by atomic mass is 10.1. The fraction of sp³-hybridized carbons (Fsp3) is 0.923. The van der Waals surface area contributed by atoms with Crippen LogP contribution in [0.4, 0.5) is 0 Å². The van der Waals surface area contributed by atoms with Gasteiger partial charge in [0.25, 0.3) is 0 Å². The van der Waals surface area contributed by atoms with Gasteiger partial charge in [-0.15, -0.1) is 0 Å². The van der Waals surface area contributed by atoms with E-state index in [1.54, 1.807) is 0 Å². The van der Waals surface area contributed by atoms with Crippen molar-refractivity contribution < 1.29 is 28.3 Å². The van der Waals surface area contributed by atoms with Gasteiger partial charge in [-0.3, -0.25) is 9.05 Å². The largest absolute Gasteiger partial charge is 0.472 e. The molecule has 0 saturated carbocycles. The number of rotatable bonds is 27. The summed E-state index contributed by atoms with van der Waals surface area (Å²) < 4.78 is 26.1. The van der Waals surface area contributed by atoms with Crippen LogP contribution in [0.25, 0.3) is 0 Å². The molecule has 0 fully saturated rings. The van der Waals surface area contributed by atoms with Gasteiger partial charge in [-0.2, -0.15) is 0 Å². The van der Waals surface area contributed by atoms with Crippen LogP contribution >= 0.6 is 7.82 Å². The fourth-order valence-electron chi connectivity index (χ4n) is 3.64. The first-order valence-corrected chi connectivity index (χ1v) is 15.2. The van der Waals surface area contributed by atoms with E-state index in [0.29, 0.717) is 6.61 Å². The number of phosphoric acid groups is 1. The Hall–Kier alpha value is -0.270. The number of ether oxygens (including phenoxy) is 1. The van der Waals surface area contributed by atoms with Gasteiger partial charge in [0.1, 0.15) is 6.10 Å². The van der Waals surface area contributed by atoms with Crippen LogP contribution in [0.15, 0.2) is 12.2 Å². The Balaban J connectivity index is 3.28. The molecule has 0 rings (SSSR count). The molecular weight excluding hydrogens is 453 g/mol. The number of hydrogen-bond donors (Lipinski definition) is 3. The molecule has 0 saturated heterocycles. The van der Waals surface area contributed by atoms with Crippen molar-refractivity contribution in [2.75, 3.05) is 33.0 Å². The molecule has 0 radical (unpaired) electrons. The van der Waals surface area contributed by atoms with E-state index in [1.165, 1.54) is 96.3 Å². The van der Waals surface area contributed by atoms with Crippen molar-refractivity contribution in [3.63, 3.8) is 0 Å². The van der Waals surface area contributed by atoms with Crippen LogP contribution in [0.2, 0.25) is 0 Å². The molecule has 0 heterocycles. The Morgan fingerprint density at radius 1 is 0.735 bits per heavy atom.